The molecule has 1 rings (SSSR count). The van der Waals surface area contributed by atoms with E-state index in [0.29, 0.717) is 12.2 Å². The highest BCUT2D eigenvalue weighted by molar-refractivity contribution is 5.25. The normalized spacial score (nSPS) is 12.9. The molecular weight excluding hydrogens is 169 g/mol. The van der Waals surface area contributed by atoms with Gasteiger partial charge in [-0.2, -0.15) is 0 Å². The number of nitrogens with two attached hydrogens (primary N) is 1. The van der Waals surface area contributed by atoms with Gasteiger partial charge in [-0.3, -0.25) is 0 Å². The summed E-state index contributed by atoms with van der Waals surface area (Å²) < 4.78 is 18.0. The van der Waals surface area contributed by atoms with Crippen LogP contribution in [0.5, 0.6) is 0 Å². The molecular formula is C10H14FNO. The molecule has 0 aromatic heterocycles. The number of ether oxygens (including phenoxy) is 1. The number of hydrogen-bond donors (Lipinski definition) is 1. The smallest absolute Gasteiger partial charge is 0.126 e. The van der Waals surface area contributed by atoms with Crippen molar-refractivity contribution in [3.05, 3.63) is 35.1 Å². The third-order valence-corrected chi connectivity index (χ3v) is 1.97. The lowest BCUT2D eigenvalue weighted by Gasteiger charge is -2.11. The third-order valence-electron chi connectivity index (χ3n) is 1.97. The Balaban J connectivity index is 2.84. The molecule has 1 aromatic rings. The van der Waals surface area contributed by atoms with Gasteiger partial charge in [-0.25, -0.2) is 4.39 Å². The molecule has 1 atom stereocenters. The first-order valence-corrected chi connectivity index (χ1v) is 4.15. The van der Waals surface area contributed by atoms with E-state index in [1.807, 2.05) is 6.07 Å². The first-order chi connectivity index (χ1) is 6.15. The summed E-state index contributed by atoms with van der Waals surface area (Å²) in [6.07, 6.45) is 0. The van der Waals surface area contributed by atoms with Gasteiger partial charge in [-0.15, -0.1) is 0 Å². The fourth-order valence-corrected chi connectivity index (χ4v) is 1.12. The molecule has 13 heavy (non-hydrogen) atoms. The molecule has 0 bridgehead atoms. The van der Waals surface area contributed by atoms with E-state index >= 15 is 0 Å². The van der Waals surface area contributed by atoms with Crippen molar-refractivity contribution in [2.45, 2.75) is 13.0 Å². The lowest BCUT2D eigenvalue weighted by Crippen LogP contribution is -2.16. The standard InChI is InChI=1S/C10H14FNO/c1-7-3-4-8(5-9(7)11)10(12)6-13-2/h3-5,10H,6,12H2,1-2H3. The minimum atomic E-state index is -0.250. The van der Waals surface area contributed by atoms with E-state index in [1.54, 1.807) is 20.1 Å². The van der Waals surface area contributed by atoms with Crippen LogP contribution in [0, 0.1) is 12.7 Å². The molecule has 0 fully saturated rings. The zero-order valence-corrected chi connectivity index (χ0v) is 7.88. The van der Waals surface area contributed by atoms with Gasteiger partial charge in [0.15, 0.2) is 0 Å². The van der Waals surface area contributed by atoms with Gasteiger partial charge < -0.3 is 10.5 Å². The molecule has 3 heteroatoms. The monoisotopic (exact) mass is 183 g/mol. The maximum absolute atomic E-state index is 13.1. The van der Waals surface area contributed by atoms with Crippen LogP contribution < -0.4 is 5.73 Å². The largest absolute Gasteiger partial charge is 0.383 e. The summed E-state index contributed by atoms with van der Waals surface area (Å²) in [5.41, 5.74) is 7.13. The molecule has 0 amide bonds. The van der Waals surface area contributed by atoms with Crippen molar-refractivity contribution in [1.29, 1.82) is 0 Å². The number of halogens is 1. The Morgan fingerprint density at radius 3 is 2.77 bits per heavy atom. The van der Waals surface area contributed by atoms with Gasteiger partial charge in [-0.1, -0.05) is 12.1 Å². The Morgan fingerprint density at radius 2 is 2.23 bits per heavy atom. The molecule has 2 nitrogen and oxygen atoms in total. The highest BCUT2D eigenvalue weighted by atomic mass is 19.1. The molecule has 0 aliphatic rings. The lowest BCUT2D eigenvalue weighted by atomic mass is 10.1. The number of methoxy groups -OCH3 is 1. The molecule has 0 aliphatic carbocycles. The Morgan fingerprint density at radius 1 is 1.54 bits per heavy atom. The van der Waals surface area contributed by atoms with Crippen molar-refractivity contribution >= 4 is 0 Å². The molecule has 1 aromatic carbocycles. The molecule has 0 aliphatic heterocycles. The van der Waals surface area contributed by atoms with Crippen molar-refractivity contribution in [3.63, 3.8) is 0 Å². The highest BCUT2D eigenvalue weighted by Gasteiger charge is 2.07. The Labute approximate surface area is 77.5 Å². The topological polar surface area (TPSA) is 35.2 Å². The van der Waals surface area contributed by atoms with Gasteiger partial charge in [0.2, 0.25) is 0 Å². The van der Waals surface area contributed by atoms with Crippen molar-refractivity contribution in [2.24, 2.45) is 5.73 Å². The molecule has 0 spiro atoms. The molecule has 0 saturated carbocycles. The summed E-state index contributed by atoms with van der Waals surface area (Å²) in [4.78, 5) is 0. The fraction of sp³-hybridized carbons (Fsp3) is 0.400. The van der Waals surface area contributed by atoms with Crippen LogP contribution >= 0.6 is 0 Å². The summed E-state index contributed by atoms with van der Waals surface area (Å²) in [5.74, 6) is -0.218. The number of benzene rings is 1. The van der Waals surface area contributed by atoms with Gasteiger partial charge in [0.1, 0.15) is 5.82 Å². The van der Waals surface area contributed by atoms with Crippen LogP contribution in [0.1, 0.15) is 17.2 Å². The summed E-state index contributed by atoms with van der Waals surface area (Å²) >= 11 is 0. The molecule has 2 N–H and O–H groups in total. The van der Waals surface area contributed by atoms with Crippen LogP contribution in [0.15, 0.2) is 18.2 Å². The van der Waals surface area contributed by atoms with Crippen LogP contribution in [0.25, 0.3) is 0 Å². The second kappa shape index (κ2) is 4.35. The molecule has 0 radical (unpaired) electrons. The summed E-state index contributed by atoms with van der Waals surface area (Å²) in [6, 6.07) is 4.75. The van der Waals surface area contributed by atoms with Crippen molar-refractivity contribution in [2.75, 3.05) is 13.7 Å². The number of aryl methyl sites for hydroxylation is 1. The van der Waals surface area contributed by atoms with Crippen LogP contribution in [0.2, 0.25) is 0 Å². The highest BCUT2D eigenvalue weighted by Crippen LogP contribution is 2.14. The van der Waals surface area contributed by atoms with E-state index in [-0.39, 0.29) is 11.9 Å². The van der Waals surface area contributed by atoms with Crippen LogP contribution in [-0.2, 0) is 4.74 Å². The first kappa shape index (κ1) is 10.2. The summed E-state index contributed by atoms with van der Waals surface area (Å²) in [5, 5.41) is 0. The van der Waals surface area contributed by atoms with E-state index in [4.69, 9.17) is 10.5 Å². The lowest BCUT2D eigenvalue weighted by molar-refractivity contribution is 0.181. The van der Waals surface area contributed by atoms with E-state index in [0.717, 1.165) is 5.56 Å². The maximum Gasteiger partial charge on any atom is 0.126 e. The van der Waals surface area contributed by atoms with Gasteiger partial charge in [0, 0.05) is 7.11 Å². The summed E-state index contributed by atoms with van der Waals surface area (Å²) in [6.45, 7) is 2.13. The second-order valence-electron chi connectivity index (χ2n) is 3.07. The van der Waals surface area contributed by atoms with Crippen LogP contribution in [0.3, 0.4) is 0 Å². The van der Waals surface area contributed by atoms with Gasteiger partial charge in [0.05, 0.1) is 12.6 Å². The fourth-order valence-electron chi connectivity index (χ4n) is 1.12. The summed E-state index contributed by atoms with van der Waals surface area (Å²) in [7, 11) is 1.57. The third kappa shape index (κ3) is 2.50. The van der Waals surface area contributed by atoms with E-state index in [9.17, 15) is 4.39 Å². The quantitative estimate of drug-likeness (QED) is 0.775. The van der Waals surface area contributed by atoms with Crippen molar-refractivity contribution in [1.82, 2.24) is 0 Å². The van der Waals surface area contributed by atoms with Gasteiger partial charge in [0.25, 0.3) is 0 Å². The molecule has 0 heterocycles. The van der Waals surface area contributed by atoms with Crippen molar-refractivity contribution in [3.8, 4) is 0 Å². The van der Waals surface area contributed by atoms with E-state index in [1.165, 1.54) is 6.07 Å². The predicted molar refractivity (Wildman–Crippen MR) is 49.9 cm³/mol. The Hall–Kier alpha value is -0.930. The first-order valence-electron chi connectivity index (χ1n) is 4.15. The Kier molecular flexibility index (Phi) is 3.39. The molecule has 72 valence electrons. The van der Waals surface area contributed by atoms with E-state index < -0.39 is 0 Å². The minimum absolute atomic E-state index is 0.218. The van der Waals surface area contributed by atoms with Gasteiger partial charge >= 0.3 is 0 Å². The number of rotatable bonds is 3. The van der Waals surface area contributed by atoms with Gasteiger partial charge in [-0.05, 0) is 24.1 Å². The van der Waals surface area contributed by atoms with Crippen LogP contribution in [0.4, 0.5) is 4.39 Å². The zero-order valence-electron chi connectivity index (χ0n) is 7.88. The predicted octanol–water partition coefficient (Wildman–Crippen LogP) is 1.78. The molecule has 1 unspecified atom stereocenters. The average molecular weight is 183 g/mol. The minimum Gasteiger partial charge on any atom is -0.383 e. The average Bonchev–Trinajstić information content (AvgIpc) is 2.10. The van der Waals surface area contributed by atoms with Crippen LogP contribution in [-0.4, -0.2) is 13.7 Å². The Bertz CT molecular complexity index is 288. The van der Waals surface area contributed by atoms with E-state index in [2.05, 4.69) is 0 Å². The zero-order chi connectivity index (χ0) is 9.84. The SMILES string of the molecule is COCC(N)c1ccc(C)c(F)c1. The number of hydrogen-bond acceptors (Lipinski definition) is 2. The maximum atomic E-state index is 13.1. The molecule has 0 saturated heterocycles. The second-order valence-corrected chi connectivity index (χ2v) is 3.07. The van der Waals surface area contributed by atoms with Crippen molar-refractivity contribution < 1.29 is 9.13 Å².